The van der Waals surface area contributed by atoms with E-state index in [2.05, 4.69) is 31.2 Å². The molecule has 0 atom stereocenters. The second-order valence-electron chi connectivity index (χ2n) is 4.43. The summed E-state index contributed by atoms with van der Waals surface area (Å²) >= 11 is 0. The maximum absolute atomic E-state index is 9.95. The fourth-order valence-corrected chi connectivity index (χ4v) is 2.58. The van der Waals surface area contributed by atoms with E-state index in [-0.39, 0.29) is 0 Å². The Bertz CT molecular complexity index is 769. The Morgan fingerprint density at radius 2 is 1.71 bits per heavy atom. The van der Waals surface area contributed by atoms with Gasteiger partial charge >= 0.3 is 0 Å². The standard InChI is InChI=1S/C16H14O/c1-3-11-5-6-12-7-9-14(17)13-8-4-10(2)15(11)16(12)13/h3-9,17H,1-2H3/b11-3-. The van der Waals surface area contributed by atoms with Crippen molar-refractivity contribution in [1.82, 2.24) is 0 Å². The van der Waals surface area contributed by atoms with Gasteiger partial charge in [-0.05, 0) is 41.5 Å². The first-order valence-corrected chi connectivity index (χ1v) is 5.82. The number of phenols is 1. The molecular formula is C16H14O. The summed E-state index contributed by atoms with van der Waals surface area (Å²) in [5.74, 6) is 0.357. The SMILES string of the molecule is C/C=c1/ccc2ccc(O)c3ccc(C)c1c23. The lowest BCUT2D eigenvalue weighted by Gasteiger charge is -2.10. The smallest absolute Gasteiger partial charge is 0.123 e. The Kier molecular flexibility index (Phi) is 2.08. The van der Waals surface area contributed by atoms with Crippen LogP contribution in [0.5, 0.6) is 5.75 Å². The van der Waals surface area contributed by atoms with Crippen molar-refractivity contribution in [3.8, 4) is 5.75 Å². The number of hydrogen-bond donors (Lipinski definition) is 1. The quantitative estimate of drug-likeness (QED) is 0.617. The van der Waals surface area contributed by atoms with Crippen LogP contribution in [0, 0.1) is 6.92 Å². The molecule has 1 nitrogen and oxygen atoms in total. The zero-order valence-corrected chi connectivity index (χ0v) is 9.99. The molecule has 3 aromatic carbocycles. The Balaban J connectivity index is 2.76. The Morgan fingerprint density at radius 1 is 0.941 bits per heavy atom. The Hall–Kier alpha value is -2.02. The molecule has 0 fully saturated rings. The topological polar surface area (TPSA) is 20.2 Å². The van der Waals surface area contributed by atoms with Gasteiger partial charge in [-0.25, -0.2) is 0 Å². The Morgan fingerprint density at radius 3 is 2.47 bits per heavy atom. The van der Waals surface area contributed by atoms with Crippen LogP contribution in [0.2, 0.25) is 0 Å². The van der Waals surface area contributed by atoms with Gasteiger partial charge in [-0.1, -0.05) is 36.4 Å². The van der Waals surface area contributed by atoms with E-state index >= 15 is 0 Å². The molecule has 0 aliphatic heterocycles. The molecule has 0 radical (unpaired) electrons. The molecule has 1 heteroatoms. The summed E-state index contributed by atoms with van der Waals surface area (Å²) in [6.45, 7) is 4.16. The molecule has 3 rings (SSSR count). The third-order valence-corrected chi connectivity index (χ3v) is 3.44. The van der Waals surface area contributed by atoms with Crippen LogP contribution in [0.3, 0.4) is 0 Å². The molecule has 0 spiro atoms. The number of phenolic OH excluding ortho intramolecular Hbond substituents is 1. The highest BCUT2D eigenvalue weighted by Gasteiger charge is 2.08. The van der Waals surface area contributed by atoms with E-state index in [4.69, 9.17) is 0 Å². The van der Waals surface area contributed by atoms with Crippen molar-refractivity contribution >= 4 is 27.6 Å². The summed E-state index contributed by atoms with van der Waals surface area (Å²) in [7, 11) is 0. The molecule has 0 aliphatic carbocycles. The summed E-state index contributed by atoms with van der Waals surface area (Å²) in [5.41, 5.74) is 1.25. The maximum Gasteiger partial charge on any atom is 0.123 e. The van der Waals surface area contributed by atoms with Crippen LogP contribution < -0.4 is 5.22 Å². The fraction of sp³-hybridized carbons (Fsp3) is 0.125. The lowest BCUT2D eigenvalue weighted by Crippen LogP contribution is -2.03. The van der Waals surface area contributed by atoms with Gasteiger partial charge in [0.2, 0.25) is 0 Å². The van der Waals surface area contributed by atoms with Crippen LogP contribution in [0.4, 0.5) is 0 Å². The number of rotatable bonds is 0. The lowest BCUT2D eigenvalue weighted by molar-refractivity contribution is 0.482. The van der Waals surface area contributed by atoms with E-state index in [0.29, 0.717) is 5.75 Å². The zero-order valence-electron chi connectivity index (χ0n) is 9.99. The largest absolute Gasteiger partial charge is 0.507 e. The van der Waals surface area contributed by atoms with E-state index in [9.17, 15) is 5.11 Å². The van der Waals surface area contributed by atoms with Gasteiger partial charge < -0.3 is 5.11 Å². The molecule has 3 aromatic rings. The first kappa shape index (κ1) is 10.2. The van der Waals surface area contributed by atoms with Crippen molar-refractivity contribution in [3.63, 3.8) is 0 Å². The number of aryl methyl sites for hydroxylation is 1. The van der Waals surface area contributed by atoms with Crippen molar-refractivity contribution in [2.45, 2.75) is 13.8 Å². The maximum atomic E-state index is 9.95. The van der Waals surface area contributed by atoms with E-state index in [1.54, 1.807) is 6.07 Å². The first-order valence-electron chi connectivity index (χ1n) is 5.82. The highest BCUT2D eigenvalue weighted by Crippen LogP contribution is 2.32. The molecule has 0 heterocycles. The van der Waals surface area contributed by atoms with E-state index in [0.717, 1.165) is 5.39 Å². The van der Waals surface area contributed by atoms with Crippen molar-refractivity contribution in [3.05, 3.63) is 47.2 Å². The van der Waals surface area contributed by atoms with Crippen LogP contribution in [0.25, 0.3) is 27.6 Å². The van der Waals surface area contributed by atoms with Gasteiger partial charge in [0, 0.05) is 10.8 Å². The average Bonchev–Trinajstić information content (AvgIpc) is 2.35. The molecule has 0 saturated heterocycles. The van der Waals surface area contributed by atoms with E-state index in [1.165, 1.54) is 26.9 Å². The van der Waals surface area contributed by atoms with Gasteiger partial charge in [-0.15, -0.1) is 0 Å². The highest BCUT2D eigenvalue weighted by atomic mass is 16.3. The van der Waals surface area contributed by atoms with Crippen molar-refractivity contribution in [1.29, 1.82) is 0 Å². The average molecular weight is 222 g/mol. The van der Waals surface area contributed by atoms with Gasteiger partial charge in [-0.3, -0.25) is 0 Å². The normalized spacial score (nSPS) is 12.7. The predicted octanol–water partition coefficient (Wildman–Crippen LogP) is 3.53. The minimum absolute atomic E-state index is 0.357. The fourth-order valence-electron chi connectivity index (χ4n) is 2.58. The van der Waals surface area contributed by atoms with Gasteiger partial charge in [0.05, 0.1) is 0 Å². The number of aromatic hydroxyl groups is 1. The third-order valence-electron chi connectivity index (χ3n) is 3.44. The van der Waals surface area contributed by atoms with Crippen molar-refractivity contribution in [2.24, 2.45) is 0 Å². The second-order valence-corrected chi connectivity index (χ2v) is 4.43. The number of benzene rings is 3. The van der Waals surface area contributed by atoms with E-state index < -0.39 is 0 Å². The summed E-state index contributed by atoms with van der Waals surface area (Å²) < 4.78 is 0. The summed E-state index contributed by atoms with van der Waals surface area (Å²) in [6, 6.07) is 12.1. The van der Waals surface area contributed by atoms with Crippen LogP contribution in [0.15, 0.2) is 36.4 Å². The molecule has 0 bridgehead atoms. The van der Waals surface area contributed by atoms with Gasteiger partial charge in [-0.2, -0.15) is 0 Å². The van der Waals surface area contributed by atoms with Crippen LogP contribution >= 0.6 is 0 Å². The molecule has 17 heavy (non-hydrogen) atoms. The molecule has 0 unspecified atom stereocenters. The molecule has 0 aromatic heterocycles. The molecule has 1 N–H and O–H groups in total. The first-order chi connectivity index (χ1) is 8.22. The van der Waals surface area contributed by atoms with Crippen LogP contribution in [-0.2, 0) is 0 Å². The number of hydrogen-bond acceptors (Lipinski definition) is 1. The molecule has 0 amide bonds. The molecule has 84 valence electrons. The summed E-state index contributed by atoms with van der Waals surface area (Å²) in [6.07, 6.45) is 2.12. The molecule has 0 aliphatic rings. The molecular weight excluding hydrogens is 208 g/mol. The predicted molar refractivity (Wildman–Crippen MR) is 73.2 cm³/mol. The third kappa shape index (κ3) is 1.32. The monoisotopic (exact) mass is 222 g/mol. The van der Waals surface area contributed by atoms with Crippen LogP contribution in [-0.4, -0.2) is 5.11 Å². The Labute approximate surface area is 100.0 Å². The minimum Gasteiger partial charge on any atom is -0.507 e. The van der Waals surface area contributed by atoms with Gasteiger partial charge in [0.15, 0.2) is 0 Å². The van der Waals surface area contributed by atoms with Gasteiger partial charge in [0.1, 0.15) is 5.75 Å². The molecule has 0 saturated carbocycles. The van der Waals surface area contributed by atoms with E-state index in [1.807, 2.05) is 19.1 Å². The summed E-state index contributed by atoms with van der Waals surface area (Å²) in [5, 5.41) is 15.7. The second kappa shape index (κ2) is 3.49. The lowest BCUT2D eigenvalue weighted by atomic mass is 9.95. The van der Waals surface area contributed by atoms with Crippen LogP contribution in [0.1, 0.15) is 12.5 Å². The zero-order chi connectivity index (χ0) is 12.0. The van der Waals surface area contributed by atoms with Crippen molar-refractivity contribution in [2.75, 3.05) is 0 Å². The highest BCUT2D eigenvalue weighted by molar-refractivity contribution is 6.13. The summed E-state index contributed by atoms with van der Waals surface area (Å²) in [4.78, 5) is 0. The van der Waals surface area contributed by atoms with Crippen molar-refractivity contribution < 1.29 is 5.11 Å². The minimum atomic E-state index is 0.357. The van der Waals surface area contributed by atoms with Gasteiger partial charge in [0.25, 0.3) is 0 Å².